The number of nitrogens with one attached hydrogen (secondary N) is 3. The third-order valence-electron chi connectivity index (χ3n) is 6.58. The molecule has 0 spiro atoms. The van der Waals surface area contributed by atoms with E-state index in [1.54, 1.807) is 7.11 Å². The molecule has 2 aromatic carbocycles. The van der Waals surface area contributed by atoms with E-state index in [0.29, 0.717) is 13.0 Å². The van der Waals surface area contributed by atoms with Gasteiger partial charge >= 0.3 is 0 Å². The second-order valence-corrected chi connectivity index (χ2v) is 8.89. The van der Waals surface area contributed by atoms with Crippen LogP contribution in [0.5, 0.6) is 5.75 Å². The van der Waals surface area contributed by atoms with Gasteiger partial charge in [0.15, 0.2) is 0 Å². The Hall–Kier alpha value is -2.61. The van der Waals surface area contributed by atoms with Crippen LogP contribution in [0.15, 0.2) is 48.5 Å². The smallest absolute Gasteiger partial charge is 0.238 e. The average Bonchev–Trinajstić information content (AvgIpc) is 3.52. The largest absolute Gasteiger partial charge is 0.497 e. The van der Waals surface area contributed by atoms with Crippen molar-refractivity contribution in [3.63, 3.8) is 0 Å². The van der Waals surface area contributed by atoms with Crippen LogP contribution < -0.4 is 25.8 Å². The fourth-order valence-corrected chi connectivity index (χ4v) is 4.61. The Balaban J connectivity index is 1.36. The van der Waals surface area contributed by atoms with Gasteiger partial charge in [0.1, 0.15) is 11.8 Å². The topological polar surface area (TPSA) is 68.9 Å². The zero-order valence-electron chi connectivity index (χ0n) is 19.3. The van der Waals surface area contributed by atoms with Gasteiger partial charge in [-0.2, -0.15) is 0 Å². The zero-order valence-corrected chi connectivity index (χ0v) is 19.3. The van der Waals surface area contributed by atoms with Crippen molar-refractivity contribution < 1.29 is 9.53 Å². The highest BCUT2D eigenvalue weighted by molar-refractivity contribution is 5.82. The zero-order chi connectivity index (χ0) is 22.5. The van der Waals surface area contributed by atoms with E-state index in [2.05, 4.69) is 64.3 Å². The second kappa shape index (κ2) is 10.3. The van der Waals surface area contributed by atoms with Gasteiger partial charge in [0.25, 0.3) is 0 Å². The number of carbonyl (C=O) groups is 1. The van der Waals surface area contributed by atoms with Crippen molar-refractivity contribution in [2.75, 3.05) is 45.7 Å². The van der Waals surface area contributed by atoms with Crippen molar-refractivity contribution in [2.24, 2.45) is 0 Å². The Morgan fingerprint density at radius 2 is 1.78 bits per heavy atom. The van der Waals surface area contributed by atoms with E-state index < -0.39 is 0 Å². The van der Waals surface area contributed by atoms with Gasteiger partial charge in [-0.1, -0.05) is 24.3 Å². The molecule has 4 rings (SSSR count). The number of anilines is 1. The summed E-state index contributed by atoms with van der Waals surface area (Å²) >= 11 is 0. The normalized spacial score (nSPS) is 22.0. The molecule has 0 radical (unpaired) electrons. The number of ether oxygens (including phenoxy) is 1. The molecule has 2 aliphatic rings. The summed E-state index contributed by atoms with van der Waals surface area (Å²) in [5, 5.41) is 3.21. The van der Waals surface area contributed by atoms with Gasteiger partial charge in [-0.3, -0.25) is 9.69 Å². The summed E-state index contributed by atoms with van der Waals surface area (Å²) < 4.78 is 5.24. The van der Waals surface area contributed by atoms with Crippen LogP contribution in [-0.4, -0.2) is 57.7 Å². The molecule has 2 aliphatic heterocycles. The highest BCUT2D eigenvalue weighted by Crippen LogP contribution is 2.27. The number of hydrogen-bond donors (Lipinski definition) is 3. The Morgan fingerprint density at radius 3 is 2.41 bits per heavy atom. The fraction of sp³-hybridized carbons (Fsp3) is 0.480. The molecule has 1 amide bonds. The molecule has 0 aromatic heterocycles. The Kier molecular flexibility index (Phi) is 7.29. The lowest BCUT2D eigenvalue weighted by molar-refractivity contribution is -0.123. The molecule has 2 saturated heterocycles. The maximum absolute atomic E-state index is 13.0. The van der Waals surface area contributed by atoms with Crippen LogP contribution in [0.25, 0.3) is 0 Å². The van der Waals surface area contributed by atoms with Gasteiger partial charge in [-0.05, 0) is 67.7 Å². The van der Waals surface area contributed by atoms with Crippen molar-refractivity contribution in [1.82, 2.24) is 21.1 Å². The van der Waals surface area contributed by atoms with E-state index in [4.69, 9.17) is 4.74 Å². The third-order valence-corrected chi connectivity index (χ3v) is 6.58. The minimum absolute atomic E-state index is 0.0441. The van der Waals surface area contributed by atoms with Gasteiger partial charge < -0.3 is 15.0 Å². The lowest BCUT2D eigenvalue weighted by atomic mass is 10.0. The molecule has 3 N–H and O–H groups in total. The first-order valence-corrected chi connectivity index (χ1v) is 11.5. The summed E-state index contributed by atoms with van der Waals surface area (Å²) in [6.07, 6.45) is 3.15. The van der Waals surface area contributed by atoms with Gasteiger partial charge in [-0.25, -0.2) is 10.9 Å². The molecule has 172 valence electrons. The summed E-state index contributed by atoms with van der Waals surface area (Å²) in [7, 11) is 5.76. The third kappa shape index (κ3) is 5.23. The van der Waals surface area contributed by atoms with Crippen molar-refractivity contribution in [3.8, 4) is 5.75 Å². The molecule has 7 nitrogen and oxygen atoms in total. The monoisotopic (exact) mass is 437 g/mol. The van der Waals surface area contributed by atoms with Crippen LogP contribution in [-0.2, 0) is 4.79 Å². The van der Waals surface area contributed by atoms with Crippen molar-refractivity contribution in [3.05, 3.63) is 59.7 Å². The van der Waals surface area contributed by atoms with Gasteiger partial charge in [0.05, 0.1) is 13.2 Å². The number of amides is 1. The van der Waals surface area contributed by atoms with E-state index in [1.807, 2.05) is 24.3 Å². The molecule has 3 unspecified atom stereocenters. The first-order chi connectivity index (χ1) is 15.5. The molecular formula is C25H35N5O2. The molecule has 2 aromatic rings. The number of rotatable bonds is 8. The standard InChI is InChI=1S/C25H35N5O2/c1-29(2)20-10-6-19(7-11-20)24(30-14-4-5-15-30)17-26-25(31)23-16-22(27-28-23)18-8-12-21(32-3)13-9-18/h6-13,22-24,27-28H,4-5,14-17H2,1-3H3,(H,26,31). The van der Waals surface area contributed by atoms with Crippen LogP contribution in [0, 0.1) is 0 Å². The molecule has 32 heavy (non-hydrogen) atoms. The molecule has 2 fully saturated rings. The molecular weight excluding hydrogens is 402 g/mol. The van der Waals surface area contributed by atoms with Crippen molar-refractivity contribution in [1.29, 1.82) is 0 Å². The SMILES string of the molecule is COc1ccc(C2CC(C(=O)NCC(c3ccc(N(C)C)cc3)N3CCCC3)NN2)cc1. The maximum Gasteiger partial charge on any atom is 0.238 e. The second-order valence-electron chi connectivity index (χ2n) is 8.89. The number of carbonyl (C=O) groups excluding carboxylic acids is 1. The number of methoxy groups -OCH3 is 1. The predicted octanol–water partition coefficient (Wildman–Crippen LogP) is 2.62. The summed E-state index contributed by atoms with van der Waals surface area (Å²) in [5.74, 6) is 0.878. The molecule has 3 atom stereocenters. The minimum Gasteiger partial charge on any atom is -0.497 e. The van der Waals surface area contributed by atoms with E-state index in [-0.39, 0.29) is 24.0 Å². The van der Waals surface area contributed by atoms with Gasteiger partial charge in [-0.15, -0.1) is 0 Å². The maximum atomic E-state index is 13.0. The molecule has 0 saturated carbocycles. The summed E-state index contributed by atoms with van der Waals surface area (Å²) in [6, 6.07) is 16.7. The van der Waals surface area contributed by atoms with Crippen molar-refractivity contribution >= 4 is 11.6 Å². The van der Waals surface area contributed by atoms with Crippen molar-refractivity contribution in [2.45, 2.75) is 37.4 Å². The van der Waals surface area contributed by atoms with E-state index in [0.717, 1.165) is 24.4 Å². The van der Waals surface area contributed by atoms with Crippen LogP contribution >= 0.6 is 0 Å². The Morgan fingerprint density at radius 1 is 1.09 bits per heavy atom. The number of nitrogens with zero attached hydrogens (tertiary/aromatic N) is 2. The van der Waals surface area contributed by atoms with Crippen LogP contribution in [0.3, 0.4) is 0 Å². The first-order valence-electron chi connectivity index (χ1n) is 11.5. The van der Waals surface area contributed by atoms with E-state index in [1.165, 1.54) is 24.1 Å². The highest BCUT2D eigenvalue weighted by Gasteiger charge is 2.31. The predicted molar refractivity (Wildman–Crippen MR) is 128 cm³/mol. The summed E-state index contributed by atoms with van der Waals surface area (Å²) in [6.45, 7) is 2.78. The molecule has 2 heterocycles. The van der Waals surface area contributed by atoms with Crippen LogP contribution in [0.2, 0.25) is 0 Å². The van der Waals surface area contributed by atoms with Gasteiger partial charge in [0.2, 0.25) is 5.91 Å². The Bertz CT molecular complexity index is 878. The summed E-state index contributed by atoms with van der Waals surface area (Å²) in [4.78, 5) is 17.6. The lowest BCUT2D eigenvalue weighted by Gasteiger charge is -2.29. The highest BCUT2D eigenvalue weighted by atomic mass is 16.5. The number of hydrazine groups is 1. The fourth-order valence-electron chi connectivity index (χ4n) is 4.61. The molecule has 7 heteroatoms. The first kappa shape index (κ1) is 22.6. The number of hydrogen-bond acceptors (Lipinski definition) is 6. The number of benzene rings is 2. The molecule has 0 aliphatic carbocycles. The van der Waals surface area contributed by atoms with E-state index >= 15 is 0 Å². The summed E-state index contributed by atoms with van der Waals surface area (Å²) in [5.41, 5.74) is 10.0. The quantitative estimate of drug-likeness (QED) is 0.590. The average molecular weight is 438 g/mol. The van der Waals surface area contributed by atoms with Crippen LogP contribution in [0.4, 0.5) is 5.69 Å². The van der Waals surface area contributed by atoms with E-state index in [9.17, 15) is 4.79 Å². The number of likely N-dealkylation sites (tertiary alicyclic amines) is 1. The van der Waals surface area contributed by atoms with Gasteiger partial charge in [0, 0.05) is 32.4 Å². The minimum atomic E-state index is -0.252. The van der Waals surface area contributed by atoms with Crippen LogP contribution in [0.1, 0.15) is 42.5 Å². The molecule has 0 bridgehead atoms. The lowest BCUT2D eigenvalue weighted by Crippen LogP contribution is -2.46. The Labute approximate surface area is 191 Å².